The van der Waals surface area contributed by atoms with Crippen molar-refractivity contribution < 1.29 is 13.2 Å². The molecule has 0 bridgehead atoms. The molecule has 0 unspecified atom stereocenters. The van der Waals surface area contributed by atoms with E-state index in [4.69, 9.17) is 11.6 Å². The molecule has 2 aromatic heterocycles. The minimum Gasteiger partial charge on any atom is -0.309 e. The van der Waals surface area contributed by atoms with E-state index in [0.717, 1.165) is 4.57 Å². The Morgan fingerprint density at radius 3 is 2.50 bits per heavy atom. The molecule has 0 aliphatic rings. The summed E-state index contributed by atoms with van der Waals surface area (Å²) in [4.78, 5) is 29.8. The standard InChI is InChI=1S/C12H14ClF3N4O2/c1-2-5-19-7-8(17-10(19)13)20(11(22)18-9(7)21)6-3-4-12(14,15)16/h2-6H2,1H3,(H,18,21,22). The van der Waals surface area contributed by atoms with Gasteiger partial charge in [-0.3, -0.25) is 14.3 Å². The van der Waals surface area contributed by atoms with Crippen LogP contribution in [0.1, 0.15) is 26.2 Å². The van der Waals surface area contributed by atoms with Gasteiger partial charge in [-0.1, -0.05) is 6.92 Å². The quantitative estimate of drug-likeness (QED) is 0.850. The molecule has 0 fully saturated rings. The van der Waals surface area contributed by atoms with Crippen LogP contribution >= 0.6 is 11.6 Å². The van der Waals surface area contributed by atoms with Crippen molar-refractivity contribution in [2.24, 2.45) is 0 Å². The Morgan fingerprint density at radius 1 is 1.23 bits per heavy atom. The molecular weight excluding hydrogens is 325 g/mol. The van der Waals surface area contributed by atoms with Crippen molar-refractivity contribution in [3.8, 4) is 0 Å². The molecule has 122 valence electrons. The third-order valence-electron chi connectivity index (χ3n) is 3.13. The number of rotatable bonds is 5. The Bertz CT molecular complexity index is 790. The Morgan fingerprint density at radius 2 is 1.91 bits per heavy atom. The molecule has 0 spiro atoms. The van der Waals surface area contributed by atoms with Crippen LogP contribution in [0.5, 0.6) is 0 Å². The van der Waals surface area contributed by atoms with Crippen molar-refractivity contribution in [1.82, 2.24) is 19.1 Å². The minimum absolute atomic E-state index is 0.00868. The van der Waals surface area contributed by atoms with E-state index in [9.17, 15) is 22.8 Å². The number of nitrogens with one attached hydrogen (secondary N) is 1. The van der Waals surface area contributed by atoms with Crippen molar-refractivity contribution >= 4 is 22.8 Å². The van der Waals surface area contributed by atoms with Gasteiger partial charge in [0.15, 0.2) is 11.2 Å². The van der Waals surface area contributed by atoms with Gasteiger partial charge in [-0.25, -0.2) is 4.79 Å². The second-order valence-electron chi connectivity index (χ2n) is 4.83. The van der Waals surface area contributed by atoms with Crippen LogP contribution in [0, 0.1) is 0 Å². The second kappa shape index (κ2) is 6.15. The third-order valence-corrected chi connectivity index (χ3v) is 3.42. The van der Waals surface area contributed by atoms with Crippen LogP contribution in [0.3, 0.4) is 0 Å². The molecule has 0 amide bonds. The van der Waals surface area contributed by atoms with Gasteiger partial charge in [0.05, 0.1) is 0 Å². The number of halogens is 4. The molecule has 1 N–H and O–H groups in total. The fourth-order valence-electron chi connectivity index (χ4n) is 2.22. The summed E-state index contributed by atoms with van der Waals surface area (Å²) in [7, 11) is 0. The van der Waals surface area contributed by atoms with Gasteiger partial charge in [0.1, 0.15) is 0 Å². The zero-order valence-corrected chi connectivity index (χ0v) is 12.5. The molecule has 0 aromatic carbocycles. The fraction of sp³-hybridized carbons (Fsp3) is 0.583. The first-order chi connectivity index (χ1) is 10.2. The Balaban J connectivity index is 2.48. The monoisotopic (exact) mass is 338 g/mol. The lowest BCUT2D eigenvalue weighted by molar-refractivity contribution is -0.135. The summed E-state index contributed by atoms with van der Waals surface area (Å²) in [5, 5.41) is 0.0255. The van der Waals surface area contributed by atoms with Crippen molar-refractivity contribution in [2.45, 2.75) is 45.5 Å². The van der Waals surface area contributed by atoms with Crippen molar-refractivity contribution in [3.63, 3.8) is 0 Å². The molecular formula is C12H14ClF3N4O2. The topological polar surface area (TPSA) is 72.7 Å². The zero-order chi connectivity index (χ0) is 16.5. The van der Waals surface area contributed by atoms with Crippen LogP contribution in [0.4, 0.5) is 13.2 Å². The lowest BCUT2D eigenvalue weighted by atomic mass is 10.3. The Labute approximate surface area is 127 Å². The lowest BCUT2D eigenvalue weighted by Crippen LogP contribution is -2.31. The largest absolute Gasteiger partial charge is 0.389 e. The number of aryl methyl sites for hydroxylation is 2. The van der Waals surface area contributed by atoms with E-state index in [1.165, 1.54) is 4.57 Å². The predicted octanol–water partition coefficient (Wildman–Crippen LogP) is 2.29. The number of aromatic amines is 1. The van der Waals surface area contributed by atoms with Crippen molar-refractivity contribution in [2.75, 3.05) is 0 Å². The molecule has 0 saturated heterocycles. The highest BCUT2D eigenvalue weighted by atomic mass is 35.5. The SMILES string of the molecule is CCCn1c(Cl)nc2c1c(=O)[nH]c(=O)n2CCCC(F)(F)F. The molecule has 22 heavy (non-hydrogen) atoms. The molecule has 0 aliphatic heterocycles. The molecule has 0 radical (unpaired) electrons. The van der Waals surface area contributed by atoms with Crippen molar-refractivity contribution in [1.29, 1.82) is 0 Å². The van der Waals surface area contributed by atoms with Gasteiger partial charge in [-0.2, -0.15) is 18.2 Å². The number of hydrogen-bond acceptors (Lipinski definition) is 3. The van der Waals surface area contributed by atoms with Crippen LogP contribution in [-0.4, -0.2) is 25.3 Å². The molecule has 6 nitrogen and oxygen atoms in total. The molecule has 0 atom stereocenters. The summed E-state index contributed by atoms with van der Waals surface area (Å²) in [6.45, 7) is 2.08. The highest BCUT2D eigenvalue weighted by Gasteiger charge is 2.26. The van der Waals surface area contributed by atoms with Gasteiger partial charge in [-0.05, 0) is 24.4 Å². The highest BCUT2D eigenvalue weighted by molar-refractivity contribution is 6.29. The van der Waals surface area contributed by atoms with E-state index < -0.39 is 23.8 Å². The maximum atomic E-state index is 12.2. The number of imidazole rings is 1. The minimum atomic E-state index is -4.30. The number of H-pyrrole nitrogens is 1. The van der Waals surface area contributed by atoms with Crippen molar-refractivity contribution in [3.05, 3.63) is 26.1 Å². The molecule has 10 heteroatoms. The van der Waals surface area contributed by atoms with Gasteiger partial charge in [-0.15, -0.1) is 0 Å². The Hall–Kier alpha value is -1.77. The number of nitrogens with zero attached hydrogens (tertiary/aromatic N) is 3. The molecule has 0 saturated carbocycles. The van der Waals surface area contributed by atoms with E-state index in [0.29, 0.717) is 13.0 Å². The number of alkyl halides is 3. The molecule has 0 aliphatic carbocycles. The summed E-state index contributed by atoms with van der Waals surface area (Å²) in [5.41, 5.74) is -1.34. The first-order valence-electron chi connectivity index (χ1n) is 6.70. The highest BCUT2D eigenvalue weighted by Crippen LogP contribution is 2.22. The smallest absolute Gasteiger partial charge is 0.309 e. The van der Waals surface area contributed by atoms with E-state index in [-0.39, 0.29) is 29.4 Å². The van der Waals surface area contributed by atoms with Crippen LogP contribution in [-0.2, 0) is 13.1 Å². The van der Waals surface area contributed by atoms with Crippen LogP contribution in [0.2, 0.25) is 5.28 Å². The van der Waals surface area contributed by atoms with Gasteiger partial charge in [0.2, 0.25) is 5.28 Å². The fourth-order valence-corrected chi connectivity index (χ4v) is 2.47. The number of aromatic nitrogens is 4. The van der Waals surface area contributed by atoms with E-state index in [2.05, 4.69) is 9.97 Å². The number of hydrogen-bond donors (Lipinski definition) is 1. The molecule has 2 rings (SSSR count). The first kappa shape index (κ1) is 16.6. The maximum Gasteiger partial charge on any atom is 0.389 e. The van der Waals surface area contributed by atoms with E-state index >= 15 is 0 Å². The zero-order valence-electron chi connectivity index (χ0n) is 11.7. The van der Waals surface area contributed by atoms with Crippen LogP contribution in [0.15, 0.2) is 9.59 Å². The van der Waals surface area contributed by atoms with E-state index in [1.807, 2.05) is 6.92 Å². The summed E-state index contributed by atoms with van der Waals surface area (Å²) >= 11 is 5.95. The molecule has 2 aromatic rings. The van der Waals surface area contributed by atoms with Crippen LogP contribution in [0.25, 0.3) is 11.2 Å². The summed E-state index contributed by atoms with van der Waals surface area (Å²) in [6, 6.07) is 0. The van der Waals surface area contributed by atoms with Gasteiger partial charge >= 0.3 is 11.9 Å². The summed E-state index contributed by atoms with van der Waals surface area (Å²) < 4.78 is 39.1. The average molecular weight is 339 g/mol. The normalized spacial score (nSPS) is 12.2. The number of fused-ring (bicyclic) bond motifs is 1. The summed E-state index contributed by atoms with van der Waals surface area (Å²) in [5.74, 6) is 0. The molecule has 2 heterocycles. The second-order valence-corrected chi connectivity index (χ2v) is 5.17. The summed E-state index contributed by atoms with van der Waals surface area (Å²) in [6.07, 6.45) is -4.94. The predicted molar refractivity (Wildman–Crippen MR) is 75.2 cm³/mol. The van der Waals surface area contributed by atoms with Crippen LogP contribution < -0.4 is 11.2 Å². The van der Waals surface area contributed by atoms with Gasteiger partial charge < -0.3 is 4.57 Å². The lowest BCUT2D eigenvalue weighted by Gasteiger charge is -2.08. The Kier molecular flexibility index (Phi) is 4.64. The maximum absolute atomic E-state index is 12.2. The average Bonchev–Trinajstić information content (AvgIpc) is 2.70. The first-order valence-corrected chi connectivity index (χ1v) is 7.08. The van der Waals surface area contributed by atoms with Gasteiger partial charge in [0.25, 0.3) is 5.56 Å². The third kappa shape index (κ3) is 3.34. The van der Waals surface area contributed by atoms with E-state index in [1.54, 1.807) is 0 Å². The van der Waals surface area contributed by atoms with Gasteiger partial charge in [0, 0.05) is 19.5 Å².